The zero-order valence-corrected chi connectivity index (χ0v) is 11.6. The van der Waals surface area contributed by atoms with Gasteiger partial charge in [0.05, 0.1) is 5.60 Å². The van der Waals surface area contributed by atoms with Crippen LogP contribution in [0.5, 0.6) is 0 Å². The van der Waals surface area contributed by atoms with E-state index in [-0.39, 0.29) is 5.82 Å². The van der Waals surface area contributed by atoms with Crippen molar-refractivity contribution in [1.29, 1.82) is 0 Å². The smallest absolute Gasteiger partial charge is 0.127 e. The van der Waals surface area contributed by atoms with Gasteiger partial charge in [-0.3, -0.25) is 0 Å². The molecule has 94 valence electrons. The molecule has 1 nitrogen and oxygen atoms in total. The Kier molecular flexibility index (Phi) is 3.88. The molecule has 1 aliphatic carbocycles. The molecule has 1 saturated carbocycles. The maximum Gasteiger partial charge on any atom is 0.127 e. The fraction of sp³-hybridized carbons (Fsp3) is 0.571. The van der Waals surface area contributed by atoms with Crippen molar-refractivity contribution in [3.05, 3.63) is 34.1 Å². The van der Waals surface area contributed by atoms with Crippen molar-refractivity contribution < 1.29 is 9.50 Å². The van der Waals surface area contributed by atoms with Crippen molar-refractivity contribution in [1.82, 2.24) is 0 Å². The highest BCUT2D eigenvalue weighted by Crippen LogP contribution is 2.38. The van der Waals surface area contributed by atoms with E-state index in [1.807, 2.05) is 6.07 Å². The van der Waals surface area contributed by atoms with Gasteiger partial charge in [-0.1, -0.05) is 35.3 Å². The molecule has 0 bridgehead atoms. The maximum atomic E-state index is 13.7. The lowest BCUT2D eigenvalue weighted by atomic mass is 9.91. The molecule has 1 aromatic rings. The van der Waals surface area contributed by atoms with E-state index in [0.717, 1.165) is 30.2 Å². The minimum atomic E-state index is -0.699. The highest BCUT2D eigenvalue weighted by Gasteiger charge is 2.36. The van der Waals surface area contributed by atoms with Gasteiger partial charge in [-0.25, -0.2) is 4.39 Å². The number of benzene rings is 1. The molecule has 0 aromatic heterocycles. The Labute approximate surface area is 110 Å². The molecule has 0 saturated heterocycles. The summed E-state index contributed by atoms with van der Waals surface area (Å²) in [7, 11) is 0. The molecule has 0 spiro atoms. The van der Waals surface area contributed by atoms with Crippen LogP contribution in [0.25, 0.3) is 0 Å². The number of aliphatic hydroxyl groups is 1. The average molecular weight is 301 g/mol. The third kappa shape index (κ3) is 3.08. The summed E-state index contributed by atoms with van der Waals surface area (Å²) in [6.45, 7) is 2.15. The van der Waals surface area contributed by atoms with Crippen molar-refractivity contribution in [3.8, 4) is 0 Å². The largest absolute Gasteiger partial charge is 0.390 e. The zero-order valence-electron chi connectivity index (χ0n) is 10.0. The van der Waals surface area contributed by atoms with Crippen molar-refractivity contribution in [2.45, 2.75) is 44.6 Å². The molecule has 1 aromatic carbocycles. The molecule has 0 heterocycles. The molecular weight excluding hydrogens is 283 g/mol. The first-order valence-electron chi connectivity index (χ1n) is 6.19. The summed E-state index contributed by atoms with van der Waals surface area (Å²) in [4.78, 5) is 0. The van der Waals surface area contributed by atoms with Gasteiger partial charge < -0.3 is 5.11 Å². The first-order valence-corrected chi connectivity index (χ1v) is 6.98. The highest BCUT2D eigenvalue weighted by molar-refractivity contribution is 9.10. The topological polar surface area (TPSA) is 20.2 Å². The molecule has 0 aliphatic heterocycles. The van der Waals surface area contributed by atoms with Crippen molar-refractivity contribution in [3.63, 3.8) is 0 Å². The van der Waals surface area contributed by atoms with Crippen molar-refractivity contribution >= 4 is 15.9 Å². The predicted molar refractivity (Wildman–Crippen MR) is 70.4 cm³/mol. The van der Waals surface area contributed by atoms with E-state index < -0.39 is 5.60 Å². The quantitative estimate of drug-likeness (QED) is 0.892. The van der Waals surface area contributed by atoms with Gasteiger partial charge in [-0.15, -0.1) is 0 Å². The summed E-state index contributed by atoms with van der Waals surface area (Å²) >= 11 is 3.24. The molecular formula is C14H18BrFO. The van der Waals surface area contributed by atoms with Gasteiger partial charge in [-0.05, 0) is 42.9 Å². The molecule has 0 amide bonds. The molecule has 1 N–H and O–H groups in total. The van der Waals surface area contributed by atoms with Crippen LogP contribution in [0.4, 0.5) is 4.39 Å². The van der Waals surface area contributed by atoms with Crippen LogP contribution >= 0.6 is 15.9 Å². The van der Waals surface area contributed by atoms with Gasteiger partial charge in [0.25, 0.3) is 0 Å². The molecule has 2 unspecified atom stereocenters. The number of hydrogen-bond donors (Lipinski definition) is 1. The van der Waals surface area contributed by atoms with E-state index in [1.54, 1.807) is 6.07 Å². The first kappa shape index (κ1) is 13.0. The predicted octanol–water partition coefficient (Wildman–Crippen LogP) is 4.07. The van der Waals surface area contributed by atoms with E-state index >= 15 is 0 Å². The van der Waals surface area contributed by atoms with E-state index in [2.05, 4.69) is 22.9 Å². The van der Waals surface area contributed by atoms with Gasteiger partial charge >= 0.3 is 0 Å². The zero-order chi connectivity index (χ0) is 12.5. The van der Waals surface area contributed by atoms with Gasteiger partial charge in [0.1, 0.15) is 5.82 Å². The second-order valence-corrected chi connectivity index (χ2v) is 6.07. The molecule has 17 heavy (non-hydrogen) atoms. The van der Waals surface area contributed by atoms with Crippen LogP contribution in [0.15, 0.2) is 22.7 Å². The summed E-state index contributed by atoms with van der Waals surface area (Å²) in [6, 6.07) is 5.05. The van der Waals surface area contributed by atoms with E-state index in [1.165, 1.54) is 6.07 Å². The summed E-state index contributed by atoms with van der Waals surface area (Å²) in [5.74, 6) is 0.367. The Morgan fingerprint density at radius 3 is 2.88 bits per heavy atom. The lowest BCUT2D eigenvalue weighted by Gasteiger charge is -2.23. The fourth-order valence-electron chi connectivity index (χ4n) is 2.74. The molecule has 0 radical (unpaired) electrons. The summed E-state index contributed by atoms with van der Waals surface area (Å²) < 4.78 is 14.5. The van der Waals surface area contributed by atoms with Crippen LogP contribution in [0.1, 0.15) is 38.2 Å². The van der Waals surface area contributed by atoms with Crippen LogP contribution in [0, 0.1) is 11.7 Å². The number of hydrogen-bond acceptors (Lipinski definition) is 1. The lowest BCUT2D eigenvalue weighted by molar-refractivity contribution is 0.0428. The summed E-state index contributed by atoms with van der Waals surface area (Å²) in [5.41, 5.74) is -0.0810. The van der Waals surface area contributed by atoms with Crippen molar-refractivity contribution in [2.75, 3.05) is 0 Å². The third-order valence-corrected chi connectivity index (χ3v) is 4.29. The third-order valence-electron chi connectivity index (χ3n) is 3.80. The monoisotopic (exact) mass is 300 g/mol. The fourth-order valence-corrected chi connectivity index (χ4v) is 3.08. The SMILES string of the molecule is CCC1CCC(O)(Cc2ccc(Br)cc2F)C1. The molecule has 1 fully saturated rings. The molecule has 1 aliphatic rings. The summed E-state index contributed by atoms with van der Waals surface area (Å²) in [5, 5.41) is 10.5. The average Bonchev–Trinajstić information content (AvgIpc) is 2.65. The highest BCUT2D eigenvalue weighted by atomic mass is 79.9. The normalized spacial score (nSPS) is 28.6. The number of halogens is 2. The van der Waals surface area contributed by atoms with Crippen LogP contribution < -0.4 is 0 Å². The Bertz CT molecular complexity index is 407. The minimum Gasteiger partial charge on any atom is -0.390 e. The Morgan fingerprint density at radius 1 is 1.53 bits per heavy atom. The van der Waals surface area contributed by atoms with Gasteiger partial charge in [0.2, 0.25) is 0 Å². The maximum absolute atomic E-state index is 13.7. The van der Waals surface area contributed by atoms with E-state index in [0.29, 0.717) is 17.9 Å². The van der Waals surface area contributed by atoms with Crippen molar-refractivity contribution in [2.24, 2.45) is 5.92 Å². The molecule has 3 heteroatoms. The minimum absolute atomic E-state index is 0.229. The van der Waals surface area contributed by atoms with Crippen LogP contribution in [0.2, 0.25) is 0 Å². The second kappa shape index (κ2) is 5.07. The number of rotatable bonds is 3. The Hall–Kier alpha value is -0.410. The standard InChI is InChI=1S/C14H18BrFO/c1-2-10-5-6-14(17,8-10)9-11-3-4-12(15)7-13(11)16/h3-4,7,10,17H,2,5-6,8-9H2,1H3. The Balaban J connectivity index is 2.10. The van der Waals surface area contributed by atoms with Gasteiger partial charge in [0, 0.05) is 10.9 Å². The lowest BCUT2D eigenvalue weighted by Crippen LogP contribution is -2.28. The second-order valence-electron chi connectivity index (χ2n) is 5.15. The molecule has 2 atom stereocenters. The summed E-state index contributed by atoms with van der Waals surface area (Å²) in [6.07, 6.45) is 4.19. The van der Waals surface area contributed by atoms with Crippen LogP contribution in [0.3, 0.4) is 0 Å². The van der Waals surface area contributed by atoms with Gasteiger partial charge in [0.15, 0.2) is 0 Å². The van der Waals surface area contributed by atoms with E-state index in [9.17, 15) is 9.50 Å². The van der Waals surface area contributed by atoms with E-state index in [4.69, 9.17) is 0 Å². The van der Waals surface area contributed by atoms with Gasteiger partial charge in [-0.2, -0.15) is 0 Å². The Morgan fingerprint density at radius 2 is 2.29 bits per heavy atom. The first-order chi connectivity index (χ1) is 8.02. The van der Waals surface area contributed by atoms with Crippen LogP contribution in [-0.2, 0) is 6.42 Å². The molecule has 2 rings (SSSR count). The van der Waals surface area contributed by atoms with Crippen LogP contribution in [-0.4, -0.2) is 10.7 Å².